The van der Waals surface area contributed by atoms with Crippen LogP contribution < -0.4 is 10.7 Å². The topological polar surface area (TPSA) is 124 Å². The first-order valence-electron chi connectivity index (χ1n) is 7.01. The van der Waals surface area contributed by atoms with Crippen molar-refractivity contribution in [2.75, 3.05) is 6.61 Å². The molecule has 120 valence electrons. The van der Waals surface area contributed by atoms with Gasteiger partial charge in [0, 0.05) is 0 Å². The van der Waals surface area contributed by atoms with Gasteiger partial charge in [-0.2, -0.15) is 5.10 Å². The number of aliphatic hydroxyl groups excluding tert-OH is 1. The lowest BCUT2D eigenvalue weighted by molar-refractivity contribution is -0.304. The highest BCUT2D eigenvalue weighted by atomic mass is 32.2. The molecular formula is C13H17N4O4S-. The van der Waals surface area contributed by atoms with Crippen molar-refractivity contribution in [3.63, 3.8) is 0 Å². The number of aromatic amines is 1. The Labute approximate surface area is 130 Å². The van der Waals surface area contributed by atoms with Gasteiger partial charge in [-0.15, -0.1) is 0 Å². The highest BCUT2D eigenvalue weighted by Gasteiger charge is 2.16. The number of hydrogen-bond donors (Lipinski definition) is 2. The molecule has 0 bridgehead atoms. The number of H-pyrrole nitrogens is 1. The molecule has 0 aromatic carbocycles. The second-order valence-electron chi connectivity index (χ2n) is 4.77. The molecule has 0 radical (unpaired) electrons. The number of hydrogen-bond acceptors (Lipinski definition) is 7. The van der Waals surface area contributed by atoms with E-state index in [0.29, 0.717) is 17.5 Å². The largest absolute Gasteiger partial charge is 0.549 e. The maximum absolute atomic E-state index is 12.0. The van der Waals surface area contributed by atoms with E-state index in [0.717, 1.165) is 24.6 Å². The maximum atomic E-state index is 12.0. The number of nitrogens with zero attached hydrogens (tertiary/aromatic N) is 3. The molecule has 9 heteroatoms. The van der Waals surface area contributed by atoms with Crippen LogP contribution in [0.3, 0.4) is 0 Å². The number of unbranched alkanes of at least 4 members (excludes halogenated alkanes) is 1. The van der Waals surface area contributed by atoms with Crippen molar-refractivity contribution in [3.05, 3.63) is 16.6 Å². The molecule has 0 fully saturated rings. The molecule has 0 spiro atoms. The van der Waals surface area contributed by atoms with Gasteiger partial charge < -0.3 is 20.0 Å². The van der Waals surface area contributed by atoms with E-state index in [2.05, 4.69) is 15.1 Å². The average molecular weight is 325 g/mol. The third-order valence-electron chi connectivity index (χ3n) is 3.13. The molecule has 0 saturated carbocycles. The van der Waals surface area contributed by atoms with Crippen molar-refractivity contribution in [1.82, 2.24) is 19.7 Å². The second kappa shape index (κ2) is 7.41. The van der Waals surface area contributed by atoms with Crippen molar-refractivity contribution < 1.29 is 15.0 Å². The summed E-state index contributed by atoms with van der Waals surface area (Å²) in [5, 5.41) is 23.9. The minimum atomic E-state index is -1.18. The molecule has 0 aliphatic carbocycles. The van der Waals surface area contributed by atoms with Crippen LogP contribution >= 0.6 is 11.8 Å². The van der Waals surface area contributed by atoms with Crippen molar-refractivity contribution in [2.24, 2.45) is 0 Å². The Hall–Kier alpha value is -1.87. The van der Waals surface area contributed by atoms with Crippen molar-refractivity contribution in [1.29, 1.82) is 0 Å². The van der Waals surface area contributed by atoms with E-state index >= 15 is 0 Å². The van der Waals surface area contributed by atoms with Crippen LogP contribution in [0.4, 0.5) is 0 Å². The first-order valence-corrected chi connectivity index (χ1v) is 7.89. The fourth-order valence-corrected chi connectivity index (χ4v) is 2.95. The lowest BCUT2D eigenvalue weighted by Crippen LogP contribution is -2.33. The van der Waals surface area contributed by atoms with E-state index in [1.54, 1.807) is 0 Å². The predicted octanol–water partition coefficient (Wildman–Crippen LogP) is -0.487. The molecule has 8 nitrogen and oxygen atoms in total. The SMILES string of the molecule is CCCC[C@@H](Sc1nc2c(cnn2CCO)c(=O)[nH]1)C(=O)[O-]. The molecule has 0 amide bonds. The summed E-state index contributed by atoms with van der Waals surface area (Å²) in [6, 6.07) is 0. The average Bonchev–Trinajstić information content (AvgIpc) is 2.87. The minimum absolute atomic E-state index is 0.133. The number of aromatic nitrogens is 4. The van der Waals surface area contributed by atoms with Crippen LogP contribution in [0.5, 0.6) is 0 Å². The summed E-state index contributed by atoms with van der Waals surface area (Å²) in [6.07, 6.45) is 3.44. The summed E-state index contributed by atoms with van der Waals surface area (Å²) < 4.78 is 1.41. The zero-order valence-electron chi connectivity index (χ0n) is 12.1. The Morgan fingerprint density at radius 3 is 3.00 bits per heavy atom. The number of nitrogens with one attached hydrogen (secondary N) is 1. The Morgan fingerprint density at radius 2 is 2.36 bits per heavy atom. The summed E-state index contributed by atoms with van der Waals surface area (Å²) in [7, 11) is 0. The van der Waals surface area contributed by atoms with Crippen LogP contribution in [0.2, 0.25) is 0 Å². The Kier molecular flexibility index (Phi) is 5.56. The normalized spacial score (nSPS) is 12.6. The third kappa shape index (κ3) is 3.66. The number of carboxylic acids is 1. The fourth-order valence-electron chi connectivity index (χ4n) is 2.01. The first-order chi connectivity index (χ1) is 10.6. The minimum Gasteiger partial charge on any atom is -0.549 e. The van der Waals surface area contributed by atoms with Gasteiger partial charge in [0.25, 0.3) is 5.56 Å². The second-order valence-corrected chi connectivity index (χ2v) is 5.96. The molecule has 2 heterocycles. The van der Waals surface area contributed by atoms with Crippen molar-refractivity contribution in [2.45, 2.75) is 43.1 Å². The molecular weight excluding hydrogens is 308 g/mol. The standard InChI is InChI=1S/C13H18N4O4S/c1-2-3-4-9(12(20)21)22-13-15-10-8(11(19)16-13)7-14-17(10)5-6-18/h7,9,18H,2-6H2,1H3,(H,20,21)(H,15,16,19)/p-1/t9-/m1/s1. The molecule has 0 aliphatic heterocycles. The molecule has 0 saturated heterocycles. The third-order valence-corrected chi connectivity index (χ3v) is 4.26. The molecule has 2 N–H and O–H groups in total. The quantitative estimate of drug-likeness (QED) is 0.496. The van der Waals surface area contributed by atoms with Gasteiger partial charge in [-0.05, 0) is 6.42 Å². The lowest BCUT2D eigenvalue weighted by Gasteiger charge is -2.16. The summed E-state index contributed by atoms with van der Waals surface area (Å²) in [4.78, 5) is 30.0. The van der Waals surface area contributed by atoms with Crippen molar-refractivity contribution in [3.8, 4) is 0 Å². The van der Waals surface area contributed by atoms with Crippen LogP contribution in [0, 0.1) is 0 Å². The van der Waals surface area contributed by atoms with Gasteiger partial charge in [-0.25, -0.2) is 9.67 Å². The van der Waals surface area contributed by atoms with Crippen LogP contribution in [-0.2, 0) is 11.3 Å². The number of rotatable bonds is 8. The summed E-state index contributed by atoms with van der Waals surface area (Å²) in [5.41, 5.74) is -0.0582. The number of aliphatic hydroxyl groups is 1. The molecule has 22 heavy (non-hydrogen) atoms. The molecule has 0 unspecified atom stereocenters. The van der Waals surface area contributed by atoms with E-state index < -0.39 is 11.2 Å². The van der Waals surface area contributed by atoms with E-state index in [9.17, 15) is 14.7 Å². The Balaban J connectivity index is 2.32. The highest BCUT2D eigenvalue weighted by molar-refractivity contribution is 8.00. The zero-order valence-corrected chi connectivity index (χ0v) is 12.9. The van der Waals surface area contributed by atoms with E-state index in [1.165, 1.54) is 10.9 Å². The van der Waals surface area contributed by atoms with Gasteiger partial charge in [-0.1, -0.05) is 31.5 Å². The summed E-state index contributed by atoms with van der Waals surface area (Å²) in [5.74, 6) is -1.18. The number of carbonyl (C=O) groups excluding carboxylic acids is 1. The van der Waals surface area contributed by atoms with Crippen molar-refractivity contribution >= 4 is 28.8 Å². The van der Waals surface area contributed by atoms with E-state index in [1.807, 2.05) is 6.92 Å². The summed E-state index contributed by atoms with van der Waals surface area (Å²) >= 11 is 0.964. The molecule has 2 aromatic rings. The first kappa shape index (κ1) is 16.5. The van der Waals surface area contributed by atoms with Crippen LogP contribution in [0.25, 0.3) is 11.0 Å². The van der Waals surface area contributed by atoms with Gasteiger partial charge in [0.2, 0.25) is 0 Å². The van der Waals surface area contributed by atoms with Crippen LogP contribution in [0.1, 0.15) is 26.2 Å². The molecule has 2 rings (SSSR count). The molecule has 0 aliphatic rings. The van der Waals surface area contributed by atoms with E-state index in [-0.39, 0.29) is 23.9 Å². The number of aliphatic carboxylic acids is 1. The molecule has 2 aromatic heterocycles. The number of thioether (sulfide) groups is 1. The van der Waals surface area contributed by atoms with Gasteiger partial charge >= 0.3 is 0 Å². The smallest absolute Gasteiger partial charge is 0.262 e. The fraction of sp³-hybridized carbons (Fsp3) is 0.538. The highest BCUT2D eigenvalue weighted by Crippen LogP contribution is 2.23. The van der Waals surface area contributed by atoms with E-state index in [4.69, 9.17) is 5.11 Å². The Bertz CT molecular complexity index is 712. The molecule has 1 atom stereocenters. The Morgan fingerprint density at radius 1 is 1.59 bits per heavy atom. The number of fused-ring (bicyclic) bond motifs is 1. The monoisotopic (exact) mass is 325 g/mol. The maximum Gasteiger partial charge on any atom is 0.262 e. The number of carboxylic acid groups (broad SMARTS) is 1. The number of carbonyl (C=O) groups is 1. The lowest BCUT2D eigenvalue weighted by atomic mass is 10.2. The van der Waals surface area contributed by atoms with Gasteiger partial charge in [0.1, 0.15) is 5.39 Å². The van der Waals surface area contributed by atoms with Gasteiger partial charge in [0.05, 0.1) is 30.6 Å². The summed E-state index contributed by atoms with van der Waals surface area (Å²) in [6.45, 7) is 2.05. The van der Waals surface area contributed by atoms with Crippen LogP contribution in [0.15, 0.2) is 16.1 Å². The zero-order chi connectivity index (χ0) is 16.1. The van der Waals surface area contributed by atoms with Crippen LogP contribution in [-0.4, -0.2) is 42.7 Å². The predicted molar refractivity (Wildman–Crippen MR) is 79.4 cm³/mol. The van der Waals surface area contributed by atoms with Gasteiger partial charge in [-0.3, -0.25) is 4.79 Å². The van der Waals surface area contributed by atoms with Gasteiger partial charge in [0.15, 0.2) is 10.8 Å².